The molecule has 0 atom stereocenters. The molecule has 0 spiro atoms. The third kappa shape index (κ3) is 3.18. The number of benzene rings is 1. The molecule has 4 rings (SSSR count). The fourth-order valence-corrected chi connectivity index (χ4v) is 2.68. The second-order valence-electron chi connectivity index (χ2n) is 5.68. The lowest BCUT2D eigenvalue weighted by atomic mass is 10.2. The molecular formula is C18H18N6. The predicted molar refractivity (Wildman–Crippen MR) is 91.3 cm³/mol. The van der Waals surface area contributed by atoms with E-state index in [2.05, 4.69) is 38.9 Å². The van der Waals surface area contributed by atoms with Crippen molar-refractivity contribution in [3.05, 3.63) is 84.1 Å². The van der Waals surface area contributed by atoms with E-state index in [1.165, 1.54) is 5.56 Å². The topological polar surface area (TPSA) is 60.0 Å². The lowest BCUT2D eigenvalue weighted by Crippen LogP contribution is -2.14. The summed E-state index contributed by atoms with van der Waals surface area (Å²) in [7, 11) is 0. The molecule has 0 unspecified atom stereocenters. The van der Waals surface area contributed by atoms with Crippen LogP contribution >= 0.6 is 0 Å². The first-order chi connectivity index (χ1) is 11.9. The Balaban J connectivity index is 1.35. The molecule has 0 amide bonds. The first-order valence-corrected chi connectivity index (χ1v) is 7.93. The smallest absolute Gasteiger partial charge is 0.160 e. The molecule has 0 fully saturated rings. The molecule has 6 nitrogen and oxygen atoms in total. The van der Waals surface area contributed by atoms with Crippen molar-refractivity contribution in [1.29, 1.82) is 0 Å². The van der Waals surface area contributed by atoms with Gasteiger partial charge in [-0.15, -0.1) is 10.2 Å². The van der Waals surface area contributed by atoms with Crippen molar-refractivity contribution >= 4 is 5.65 Å². The van der Waals surface area contributed by atoms with Gasteiger partial charge in [-0.2, -0.15) is 5.10 Å². The van der Waals surface area contributed by atoms with Crippen molar-refractivity contribution in [3.8, 4) is 0 Å². The van der Waals surface area contributed by atoms with E-state index in [1.807, 2.05) is 57.9 Å². The molecule has 6 heteroatoms. The number of hydrogen-bond donors (Lipinski definition) is 1. The zero-order valence-electron chi connectivity index (χ0n) is 13.2. The number of aromatic nitrogens is 5. The third-order valence-corrected chi connectivity index (χ3v) is 3.87. The summed E-state index contributed by atoms with van der Waals surface area (Å²) in [6, 6.07) is 16.2. The normalized spacial score (nSPS) is 11.2. The Hall–Kier alpha value is -2.99. The van der Waals surface area contributed by atoms with Crippen molar-refractivity contribution in [3.63, 3.8) is 0 Å². The van der Waals surface area contributed by atoms with E-state index in [0.717, 1.165) is 30.1 Å². The Kier molecular flexibility index (Phi) is 4.04. The minimum Gasteiger partial charge on any atom is -0.306 e. The van der Waals surface area contributed by atoms with Crippen LogP contribution < -0.4 is 5.32 Å². The van der Waals surface area contributed by atoms with Gasteiger partial charge in [0.1, 0.15) is 0 Å². The second kappa shape index (κ2) is 6.64. The average molecular weight is 318 g/mol. The van der Waals surface area contributed by atoms with Gasteiger partial charge < -0.3 is 5.32 Å². The highest BCUT2D eigenvalue weighted by Gasteiger charge is 2.04. The molecule has 4 aromatic rings. The highest BCUT2D eigenvalue weighted by Crippen LogP contribution is 2.05. The maximum Gasteiger partial charge on any atom is 0.160 e. The Morgan fingerprint density at radius 3 is 2.67 bits per heavy atom. The van der Waals surface area contributed by atoms with Crippen molar-refractivity contribution in [2.45, 2.75) is 19.6 Å². The first kappa shape index (κ1) is 14.6. The molecule has 24 heavy (non-hydrogen) atoms. The number of nitrogens with one attached hydrogen (secondary N) is 1. The van der Waals surface area contributed by atoms with Gasteiger partial charge in [0.2, 0.25) is 0 Å². The third-order valence-electron chi connectivity index (χ3n) is 3.87. The van der Waals surface area contributed by atoms with Crippen LogP contribution in [0.2, 0.25) is 0 Å². The number of fused-ring (bicyclic) bond motifs is 1. The molecule has 120 valence electrons. The summed E-state index contributed by atoms with van der Waals surface area (Å²) in [5, 5.41) is 16.2. The molecule has 3 heterocycles. The zero-order chi connectivity index (χ0) is 16.2. The van der Waals surface area contributed by atoms with Crippen molar-refractivity contribution in [2.24, 2.45) is 0 Å². The van der Waals surface area contributed by atoms with Crippen LogP contribution in [-0.2, 0) is 19.6 Å². The summed E-state index contributed by atoms with van der Waals surface area (Å²) in [6.45, 7) is 2.20. The number of nitrogens with zero attached hydrogens (tertiary/aromatic N) is 5. The molecule has 0 saturated carbocycles. The van der Waals surface area contributed by atoms with E-state index in [9.17, 15) is 0 Å². The monoisotopic (exact) mass is 318 g/mol. The minimum atomic E-state index is 0.662. The largest absolute Gasteiger partial charge is 0.306 e. The van der Waals surface area contributed by atoms with Crippen molar-refractivity contribution in [1.82, 2.24) is 29.7 Å². The molecule has 0 aliphatic rings. The molecule has 0 radical (unpaired) electrons. The number of hydrogen-bond acceptors (Lipinski definition) is 4. The predicted octanol–water partition coefficient (Wildman–Crippen LogP) is 2.26. The first-order valence-electron chi connectivity index (χ1n) is 7.93. The molecule has 1 aromatic carbocycles. The van der Waals surface area contributed by atoms with Gasteiger partial charge in [0.05, 0.1) is 19.3 Å². The zero-order valence-corrected chi connectivity index (χ0v) is 13.2. The van der Waals surface area contributed by atoms with Gasteiger partial charge in [-0.25, -0.2) is 0 Å². The van der Waals surface area contributed by atoms with Gasteiger partial charge in [-0.05, 0) is 17.7 Å². The Labute approximate surface area is 139 Å². The lowest BCUT2D eigenvalue weighted by Gasteiger charge is -2.02. The lowest BCUT2D eigenvalue weighted by molar-refractivity contribution is 0.653. The van der Waals surface area contributed by atoms with E-state index in [1.54, 1.807) is 0 Å². The summed E-state index contributed by atoms with van der Waals surface area (Å²) in [6.07, 6.45) is 5.95. The van der Waals surface area contributed by atoms with Crippen LogP contribution in [0.1, 0.15) is 17.0 Å². The van der Waals surface area contributed by atoms with Crippen LogP contribution in [0.3, 0.4) is 0 Å². The molecule has 0 aliphatic heterocycles. The molecule has 3 aromatic heterocycles. The van der Waals surface area contributed by atoms with Gasteiger partial charge >= 0.3 is 0 Å². The quantitative estimate of drug-likeness (QED) is 0.592. The maximum atomic E-state index is 4.42. The van der Waals surface area contributed by atoms with Gasteiger partial charge in [-0.1, -0.05) is 36.4 Å². The molecular weight excluding hydrogens is 300 g/mol. The highest BCUT2D eigenvalue weighted by molar-refractivity contribution is 5.36. The van der Waals surface area contributed by atoms with Crippen LogP contribution in [0.5, 0.6) is 0 Å². The second-order valence-corrected chi connectivity index (χ2v) is 5.68. The molecule has 0 saturated heterocycles. The summed E-state index contributed by atoms with van der Waals surface area (Å²) < 4.78 is 3.95. The number of pyridine rings is 1. The Bertz CT molecular complexity index is 925. The summed E-state index contributed by atoms with van der Waals surface area (Å²) in [5.74, 6) is 0.905. The molecule has 0 aliphatic carbocycles. The fraction of sp³-hybridized carbons (Fsp3) is 0.167. The van der Waals surface area contributed by atoms with E-state index in [-0.39, 0.29) is 0 Å². The van der Waals surface area contributed by atoms with Crippen LogP contribution in [0.25, 0.3) is 5.65 Å². The standard InChI is InChI=1S/C18H18N6/c1-2-6-15(7-3-1)13-23-14-16(11-20-23)10-19-12-18-22-21-17-8-4-5-9-24(17)18/h1-9,11,14,19H,10,12-13H2. The summed E-state index contributed by atoms with van der Waals surface area (Å²) in [5.41, 5.74) is 3.26. The minimum absolute atomic E-state index is 0.662. The van der Waals surface area contributed by atoms with Crippen LogP contribution in [0.4, 0.5) is 0 Å². The van der Waals surface area contributed by atoms with Gasteiger partial charge in [0, 0.05) is 24.5 Å². The van der Waals surface area contributed by atoms with Gasteiger partial charge in [0.15, 0.2) is 11.5 Å². The van der Waals surface area contributed by atoms with E-state index in [4.69, 9.17) is 0 Å². The Morgan fingerprint density at radius 1 is 0.875 bits per heavy atom. The van der Waals surface area contributed by atoms with E-state index >= 15 is 0 Å². The van der Waals surface area contributed by atoms with Crippen LogP contribution in [-0.4, -0.2) is 24.4 Å². The maximum absolute atomic E-state index is 4.42. The van der Waals surface area contributed by atoms with Crippen LogP contribution in [0, 0.1) is 0 Å². The fourth-order valence-electron chi connectivity index (χ4n) is 2.68. The Morgan fingerprint density at radius 2 is 1.75 bits per heavy atom. The van der Waals surface area contributed by atoms with E-state index in [0.29, 0.717) is 6.54 Å². The SMILES string of the molecule is c1ccc(Cn2cc(CNCc3nnc4ccccn34)cn2)cc1. The molecule has 1 N–H and O–H groups in total. The average Bonchev–Trinajstić information content (AvgIpc) is 3.23. The summed E-state index contributed by atoms with van der Waals surface area (Å²) in [4.78, 5) is 0. The van der Waals surface area contributed by atoms with Gasteiger partial charge in [-0.3, -0.25) is 9.08 Å². The van der Waals surface area contributed by atoms with Gasteiger partial charge in [0.25, 0.3) is 0 Å². The summed E-state index contributed by atoms with van der Waals surface area (Å²) >= 11 is 0. The highest BCUT2D eigenvalue weighted by atomic mass is 15.3. The van der Waals surface area contributed by atoms with Crippen molar-refractivity contribution < 1.29 is 0 Å². The van der Waals surface area contributed by atoms with E-state index < -0.39 is 0 Å². The van der Waals surface area contributed by atoms with Crippen molar-refractivity contribution in [2.75, 3.05) is 0 Å². The van der Waals surface area contributed by atoms with Crippen LogP contribution in [0.15, 0.2) is 67.1 Å². The number of rotatable bonds is 6. The molecule has 0 bridgehead atoms.